The van der Waals surface area contributed by atoms with E-state index < -0.39 is 0 Å². The van der Waals surface area contributed by atoms with Gasteiger partial charge in [0, 0.05) is 11.1 Å². The summed E-state index contributed by atoms with van der Waals surface area (Å²) < 4.78 is 1.96. The Balaban J connectivity index is 2.30. The predicted molar refractivity (Wildman–Crippen MR) is 88.1 cm³/mol. The lowest BCUT2D eigenvalue weighted by atomic mass is 10.0. The Morgan fingerprint density at radius 1 is 1.00 bits per heavy atom. The first-order chi connectivity index (χ1) is 10.2. The molecular weight excluding hydrogens is 280 g/mol. The second kappa shape index (κ2) is 5.74. The Kier molecular flexibility index (Phi) is 3.80. The lowest BCUT2D eigenvalue weighted by Gasteiger charge is -2.11. The van der Waals surface area contributed by atoms with Crippen LogP contribution >= 0.6 is 11.6 Å². The van der Waals surface area contributed by atoms with E-state index in [2.05, 4.69) is 26.0 Å². The Bertz CT molecular complexity index is 760. The van der Waals surface area contributed by atoms with Crippen LogP contribution in [0.3, 0.4) is 0 Å². The summed E-state index contributed by atoms with van der Waals surface area (Å²) in [5.74, 6) is 0. The molecule has 0 spiro atoms. The number of aryl methyl sites for hydroxylation is 1. The van der Waals surface area contributed by atoms with Crippen LogP contribution in [0, 0.1) is 6.92 Å². The van der Waals surface area contributed by atoms with Crippen LogP contribution in [0.2, 0.25) is 5.02 Å². The second-order valence-electron chi connectivity index (χ2n) is 5.00. The van der Waals surface area contributed by atoms with Gasteiger partial charge in [0.15, 0.2) is 0 Å². The van der Waals surface area contributed by atoms with Crippen LogP contribution < -0.4 is 0 Å². The van der Waals surface area contributed by atoms with E-state index in [1.54, 1.807) is 0 Å². The van der Waals surface area contributed by atoms with Gasteiger partial charge in [0.2, 0.25) is 0 Å². The number of nitrogens with zero attached hydrogens (tertiary/aromatic N) is 2. The molecule has 0 aliphatic carbocycles. The van der Waals surface area contributed by atoms with Crippen molar-refractivity contribution in [2.45, 2.75) is 20.3 Å². The minimum absolute atomic E-state index is 0.708. The van der Waals surface area contributed by atoms with E-state index in [0.29, 0.717) is 5.02 Å². The number of hydrogen-bond donors (Lipinski definition) is 0. The summed E-state index contributed by atoms with van der Waals surface area (Å²) in [6, 6.07) is 18.2. The normalized spacial score (nSPS) is 10.8. The van der Waals surface area contributed by atoms with Gasteiger partial charge in [-0.2, -0.15) is 5.10 Å². The molecule has 0 amide bonds. The van der Waals surface area contributed by atoms with E-state index in [-0.39, 0.29) is 0 Å². The molecule has 1 heterocycles. The molecule has 2 nitrogen and oxygen atoms in total. The highest BCUT2D eigenvalue weighted by molar-refractivity contribution is 6.32. The first kappa shape index (κ1) is 13.9. The van der Waals surface area contributed by atoms with Gasteiger partial charge in [0.25, 0.3) is 0 Å². The van der Waals surface area contributed by atoms with Gasteiger partial charge in [0.05, 0.1) is 22.1 Å². The summed E-state index contributed by atoms with van der Waals surface area (Å²) in [5.41, 5.74) is 5.52. The molecule has 0 N–H and O–H groups in total. The monoisotopic (exact) mass is 296 g/mol. The van der Waals surface area contributed by atoms with Crippen LogP contribution in [-0.4, -0.2) is 9.78 Å². The predicted octanol–water partition coefficient (Wildman–Crippen LogP) is 5.06. The quantitative estimate of drug-likeness (QED) is 0.660. The van der Waals surface area contributed by atoms with Crippen molar-refractivity contribution in [3.63, 3.8) is 0 Å². The first-order valence-corrected chi connectivity index (χ1v) is 7.49. The second-order valence-corrected chi connectivity index (χ2v) is 5.40. The highest BCUT2D eigenvalue weighted by Gasteiger charge is 2.17. The Morgan fingerprint density at radius 3 is 2.33 bits per heavy atom. The summed E-state index contributed by atoms with van der Waals surface area (Å²) >= 11 is 6.36. The van der Waals surface area contributed by atoms with Gasteiger partial charge in [-0.3, -0.25) is 0 Å². The number of aromatic nitrogens is 2. The van der Waals surface area contributed by atoms with E-state index in [9.17, 15) is 0 Å². The fourth-order valence-corrected chi connectivity index (χ4v) is 2.89. The number of benzene rings is 2. The van der Waals surface area contributed by atoms with Crippen LogP contribution in [-0.2, 0) is 6.42 Å². The standard InChI is InChI=1S/C18H17ClN2/c1-3-15-13(2)20-21(17-12-8-7-11-16(17)19)18(15)14-9-5-4-6-10-14/h4-12H,3H2,1-2H3. The third-order valence-corrected chi connectivity index (χ3v) is 3.99. The largest absolute Gasteiger partial charge is 0.231 e. The zero-order chi connectivity index (χ0) is 14.8. The van der Waals surface area contributed by atoms with Crippen molar-refractivity contribution in [3.05, 3.63) is 70.9 Å². The number of para-hydroxylation sites is 1. The molecule has 0 saturated heterocycles. The van der Waals surface area contributed by atoms with Crippen LogP contribution in [0.5, 0.6) is 0 Å². The SMILES string of the molecule is CCc1c(C)nn(-c2ccccc2Cl)c1-c1ccccc1. The molecule has 1 aromatic heterocycles. The van der Waals surface area contributed by atoms with Crippen molar-refractivity contribution >= 4 is 11.6 Å². The van der Waals surface area contributed by atoms with E-state index in [1.807, 2.05) is 47.1 Å². The molecule has 0 fully saturated rings. The summed E-state index contributed by atoms with van der Waals surface area (Å²) in [7, 11) is 0. The molecule has 21 heavy (non-hydrogen) atoms. The third-order valence-electron chi connectivity index (χ3n) is 3.67. The van der Waals surface area contributed by atoms with Crippen molar-refractivity contribution < 1.29 is 0 Å². The summed E-state index contributed by atoms with van der Waals surface area (Å²) in [6.07, 6.45) is 0.945. The molecular formula is C18H17ClN2. The lowest BCUT2D eigenvalue weighted by molar-refractivity contribution is 0.869. The molecule has 0 atom stereocenters. The molecule has 3 aromatic rings. The van der Waals surface area contributed by atoms with Crippen molar-refractivity contribution in [1.82, 2.24) is 9.78 Å². The molecule has 3 rings (SSSR count). The molecule has 0 aliphatic heterocycles. The Morgan fingerprint density at radius 2 is 1.67 bits per heavy atom. The molecule has 0 unspecified atom stereocenters. The van der Waals surface area contributed by atoms with Crippen molar-refractivity contribution in [1.29, 1.82) is 0 Å². The van der Waals surface area contributed by atoms with E-state index in [4.69, 9.17) is 16.7 Å². The maximum absolute atomic E-state index is 6.36. The highest BCUT2D eigenvalue weighted by atomic mass is 35.5. The van der Waals surface area contributed by atoms with Crippen LogP contribution in [0.25, 0.3) is 16.9 Å². The zero-order valence-corrected chi connectivity index (χ0v) is 12.9. The van der Waals surface area contributed by atoms with E-state index >= 15 is 0 Å². The van der Waals surface area contributed by atoms with Crippen LogP contribution in [0.15, 0.2) is 54.6 Å². The zero-order valence-electron chi connectivity index (χ0n) is 12.2. The molecule has 3 heteroatoms. The van der Waals surface area contributed by atoms with Gasteiger partial charge in [-0.05, 0) is 25.5 Å². The van der Waals surface area contributed by atoms with Gasteiger partial charge in [-0.25, -0.2) is 4.68 Å². The first-order valence-electron chi connectivity index (χ1n) is 7.11. The van der Waals surface area contributed by atoms with Crippen molar-refractivity contribution in [3.8, 4) is 16.9 Å². The van der Waals surface area contributed by atoms with Gasteiger partial charge >= 0.3 is 0 Å². The summed E-state index contributed by atoms with van der Waals surface area (Å²) in [5, 5.41) is 5.43. The average Bonchev–Trinajstić information content (AvgIpc) is 2.85. The number of rotatable bonds is 3. The fourth-order valence-electron chi connectivity index (χ4n) is 2.67. The topological polar surface area (TPSA) is 17.8 Å². The van der Waals surface area contributed by atoms with E-state index in [1.165, 1.54) is 5.56 Å². The highest BCUT2D eigenvalue weighted by Crippen LogP contribution is 2.31. The Labute approximate surface area is 130 Å². The number of halogens is 1. The average molecular weight is 297 g/mol. The molecule has 0 bridgehead atoms. The van der Waals surface area contributed by atoms with Gasteiger partial charge in [-0.1, -0.05) is 61.0 Å². The van der Waals surface area contributed by atoms with Crippen molar-refractivity contribution in [2.24, 2.45) is 0 Å². The molecule has 0 radical (unpaired) electrons. The van der Waals surface area contributed by atoms with Gasteiger partial charge in [0.1, 0.15) is 0 Å². The smallest absolute Gasteiger partial charge is 0.0839 e. The maximum Gasteiger partial charge on any atom is 0.0839 e. The van der Waals surface area contributed by atoms with Crippen LogP contribution in [0.1, 0.15) is 18.2 Å². The Hall–Kier alpha value is -2.06. The van der Waals surface area contributed by atoms with Gasteiger partial charge < -0.3 is 0 Å². The molecule has 106 valence electrons. The molecule has 2 aromatic carbocycles. The molecule has 0 saturated carbocycles. The number of hydrogen-bond acceptors (Lipinski definition) is 1. The molecule has 0 aliphatic rings. The van der Waals surface area contributed by atoms with Gasteiger partial charge in [-0.15, -0.1) is 0 Å². The lowest BCUT2D eigenvalue weighted by Crippen LogP contribution is -2.00. The summed E-state index contributed by atoms with van der Waals surface area (Å²) in [4.78, 5) is 0. The fraction of sp³-hybridized carbons (Fsp3) is 0.167. The third kappa shape index (κ3) is 2.47. The van der Waals surface area contributed by atoms with Crippen LogP contribution in [0.4, 0.5) is 0 Å². The summed E-state index contributed by atoms with van der Waals surface area (Å²) in [6.45, 7) is 4.21. The minimum Gasteiger partial charge on any atom is -0.231 e. The maximum atomic E-state index is 6.36. The van der Waals surface area contributed by atoms with Crippen molar-refractivity contribution in [2.75, 3.05) is 0 Å². The minimum atomic E-state index is 0.708. The van der Waals surface area contributed by atoms with E-state index in [0.717, 1.165) is 29.1 Å².